The first kappa shape index (κ1) is 44.5. The summed E-state index contributed by atoms with van der Waals surface area (Å²) in [6, 6.07) is 75.6. The molecule has 0 aliphatic heterocycles. The van der Waals surface area contributed by atoms with Crippen LogP contribution in [0.5, 0.6) is 0 Å². The van der Waals surface area contributed by atoms with Crippen LogP contribution in [-0.2, 0) is 6.18 Å². The van der Waals surface area contributed by atoms with Crippen LogP contribution in [0.4, 0.5) is 13.2 Å². The smallest absolute Gasteiger partial charge is 0.309 e. The summed E-state index contributed by atoms with van der Waals surface area (Å²) in [5.74, 6) is 1.42. The molecule has 3 aromatic heterocycles. The molecule has 0 atom stereocenters. The van der Waals surface area contributed by atoms with Crippen molar-refractivity contribution >= 4 is 43.6 Å². The number of alkyl halides is 3. The van der Waals surface area contributed by atoms with Gasteiger partial charge in [-0.25, -0.2) is 15.0 Å². The molecule has 5 nitrogen and oxygen atoms in total. The van der Waals surface area contributed by atoms with E-state index >= 15 is 13.2 Å². The van der Waals surface area contributed by atoms with E-state index in [-0.39, 0.29) is 0 Å². The van der Waals surface area contributed by atoms with Crippen LogP contribution in [0, 0.1) is 13.8 Å². The molecule has 0 amide bonds. The fourth-order valence-electron chi connectivity index (χ4n) is 10.7. The Morgan fingerprint density at radius 2 is 0.743 bits per heavy atom. The summed E-state index contributed by atoms with van der Waals surface area (Å²) >= 11 is 0. The van der Waals surface area contributed by atoms with Crippen LogP contribution in [-0.4, -0.2) is 24.1 Å². The van der Waals surface area contributed by atoms with Gasteiger partial charge in [0.05, 0.1) is 39.0 Å². The zero-order valence-corrected chi connectivity index (χ0v) is 40.3. The van der Waals surface area contributed by atoms with Gasteiger partial charge in [0.1, 0.15) is 0 Å². The van der Waals surface area contributed by atoms with Gasteiger partial charge in [-0.15, -0.1) is 0 Å². The third-order valence-electron chi connectivity index (χ3n) is 14.3. The number of benzene rings is 10. The number of aryl methyl sites for hydroxylation is 2. The quantitative estimate of drug-likeness (QED) is 0.152. The highest BCUT2D eigenvalue weighted by atomic mass is 19.4. The molecule has 0 unspecified atom stereocenters. The molecule has 0 radical (unpaired) electrons. The molecular formula is C66H44F3N5. The molecular weight excluding hydrogens is 920 g/mol. The van der Waals surface area contributed by atoms with Crippen molar-refractivity contribution in [2.75, 3.05) is 0 Å². The van der Waals surface area contributed by atoms with E-state index in [9.17, 15) is 0 Å². The summed E-state index contributed by atoms with van der Waals surface area (Å²) in [5, 5.41) is 3.95. The molecule has 13 aromatic rings. The van der Waals surface area contributed by atoms with Crippen LogP contribution >= 0.6 is 0 Å². The fraction of sp³-hybridized carbons (Fsp3) is 0.0455. The first-order valence-electron chi connectivity index (χ1n) is 24.6. The lowest BCUT2D eigenvalue weighted by Gasteiger charge is -2.21. The van der Waals surface area contributed by atoms with Crippen LogP contribution in [0.25, 0.3) is 123 Å². The number of fused-ring (bicyclic) bond motifs is 6. The minimum atomic E-state index is -4.64. The Labute approximate surface area is 425 Å². The molecule has 8 heteroatoms. The monoisotopic (exact) mass is 963 g/mol. The highest BCUT2D eigenvalue weighted by Gasteiger charge is 2.33. The standard InChI is InChI=1S/C66H44F3N5/c1-41-17-9-11-23-49(41)45-29-34-59-54(37-45)51-25-13-15-27-57(51)73(59)60-36-31-47(65-71-63(43-19-5-3-6-20-43)70-64(72-65)44-21-7-4-8-22-44)39-56(60)53-33-32-48(66(67,68)69)40-62(53)74-58-28-16-14-26-52(58)55-38-46(30-35-61(55)74)50-24-12-10-18-42(50)2/h3-40H,1-2H3. The molecule has 0 fully saturated rings. The molecule has 0 saturated heterocycles. The predicted octanol–water partition coefficient (Wildman–Crippen LogP) is 17.7. The first-order chi connectivity index (χ1) is 36.2. The highest BCUT2D eigenvalue weighted by molar-refractivity contribution is 6.13. The van der Waals surface area contributed by atoms with Gasteiger partial charge in [0.15, 0.2) is 17.5 Å². The van der Waals surface area contributed by atoms with E-state index in [2.05, 4.69) is 97.3 Å². The SMILES string of the molecule is Cc1ccccc1-c1ccc2c(c1)c1ccccc1n2-c1ccc(-c2nc(-c3ccccc3)nc(-c3ccccc3)n2)cc1-c1ccc(C(F)(F)F)cc1-n1c2ccccc2c2cc(-c3ccccc3C)ccc21. The molecule has 74 heavy (non-hydrogen) atoms. The van der Waals surface area contributed by atoms with Crippen molar-refractivity contribution in [2.45, 2.75) is 20.0 Å². The molecule has 0 bridgehead atoms. The van der Waals surface area contributed by atoms with Crippen LogP contribution < -0.4 is 0 Å². The first-order valence-corrected chi connectivity index (χ1v) is 24.6. The van der Waals surface area contributed by atoms with Crippen molar-refractivity contribution in [1.82, 2.24) is 24.1 Å². The highest BCUT2D eigenvalue weighted by Crippen LogP contribution is 2.45. The summed E-state index contributed by atoms with van der Waals surface area (Å²) in [6.45, 7) is 4.21. The van der Waals surface area contributed by atoms with Gasteiger partial charge >= 0.3 is 6.18 Å². The molecule has 0 aliphatic carbocycles. The van der Waals surface area contributed by atoms with Crippen molar-refractivity contribution in [3.8, 4) is 78.9 Å². The maximum Gasteiger partial charge on any atom is 0.416 e. The normalized spacial score (nSPS) is 11.9. The van der Waals surface area contributed by atoms with Crippen LogP contribution in [0.2, 0.25) is 0 Å². The Morgan fingerprint density at radius 3 is 1.26 bits per heavy atom. The van der Waals surface area contributed by atoms with Gasteiger partial charge in [0.25, 0.3) is 0 Å². The van der Waals surface area contributed by atoms with E-state index in [1.807, 2.05) is 138 Å². The molecule has 10 aromatic carbocycles. The van der Waals surface area contributed by atoms with E-state index < -0.39 is 11.7 Å². The molecule has 354 valence electrons. The lowest BCUT2D eigenvalue weighted by molar-refractivity contribution is -0.137. The third kappa shape index (κ3) is 7.62. The second kappa shape index (κ2) is 17.7. The maximum absolute atomic E-state index is 15.3. The predicted molar refractivity (Wildman–Crippen MR) is 296 cm³/mol. The second-order valence-corrected chi connectivity index (χ2v) is 18.8. The number of halogens is 3. The molecule has 0 aliphatic rings. The number of aromatic nitrogens is 5. The summed E-state index contributed by atoms with van der Waals surface area (Å²) in [5.41, 5.74) is 14.1. The van der Waals surface area contributed by atoms with Gasteiger partial charge in [-0.3, -0.25) is 0 Å². The van der Waals surface area contributed by atoms with Gasteiger partial charge in [-0.2, -0.15) is 13.2 Å². The van der Waals surface area contributed by atoms with Gasteiger partial charge < -0.3 is 9.13 Å². The molecule has 3 heterocycles. The fourth-order valence-corrected chi connectivity index (χ4v) is 10.7. The average Bonchev–Trinajstić information content (AvgIpc) is 3.95. The summed E-state index contributed by atoms with van der Waals surface area (Å²) < 4.78 is 50.1. The van der Waals surface area contributed by atoms with Gasteiger partial charge in [0, 0.05) is 49.4 Å². The number of rotatable bonds is 8. The van der Waals surface area contributed by atoms with E-state index in [1.165, 1.54) is 17.7 Å². The van der Waals surface area contributed by atoms with Gasteiger partial charge in [-0.05, 0) is 114 Å². The number of nitrogens with zero attached hydrogens (tertiary/aromatic N) is 5. The van der Waals surface area contributed by atoms with Crippen molar-refractivity contribution in [2.24, 2.45) is 0 Å². The molecule has 0 spiro atoms. The van der Waals surface area contributed by atoms with Crippen LogP contribution in [0.1, 0.15) is 16.7 Å². The Kier molecular flexibility index (Phi) is 10.7. The Balaban J connectivity index is 1.12. The lowest BCUT2D eigenvalue weighted by Crippen LogP contribution is -2.08. The van der Waals surface area contributed by atoms with E-state index in [1.54, 1.807) is 6.07 Å². The Morgan fingerprint density at radius 1 is 0.311 bits per heavy atom. The van der Waals surface area contributed by atoms with E-state index in [0.717, 1.165) is 88.2 Å². The van der Waals surface area contributed by atoms with Crippen molar-refractivity contribution in [3.63, 3.8) is 0 Å². The van der Waals surface area contributed by atoms with Crippen LogP contribution in [0.15, 0.2) is 231 Å². The van der Waals surface area contributed by atoms with Gasteiger partial charge in [0.2, 0.25) is 0 Å². The zero-order chi connectivity index (χ0) is 50.1. The summed E-state index contributed by atoms with van der Waals surface area (Å²) in [6.07, 6.45) is -4.64. The van der Waals surface area contributed by atoms with Gasteiger partial charge in [-0.1, -0.05) is 164 Å². The average molecular weight is 964 g/mol. The molecule has 13 rings (SSSR count). The number of hydrogen-bond acceptors (Lipinski definition) is 3. The van der Waals surface area contributed by atoms with Crippen molar-refractivity contribution in [1.29, 1.82) is 0 Å². The van der Waals surface area contributed by atoms with Crippen molar-refractivity contribution in [3.05, 3.63) is 247 Å². The Hall–Kier alpha value is -9.40. The minimum Gasteiger partial charge on any atom is -0.309 e. The zero-order valence-electron chi connectivity index (χ0n) is 40.3. The third-order valence-corrected chi connectivity index (χ3v) is 14.3. The second-order valence-electron chi connectivity index (χ2n) is 18.8. The largest absolute Gasteiger partial charge is 0.416 e. The summed E-state index contributed by atoms with van der Waals surface area (Å²) in [7, 11) is 0. The lowest BCUT2D eigenvalue weighted by atomic mass is 9.96. The maximum atomic E-state index is 15.3. The minimum absolute atomic E-state index is 0.376. The number of para-hydroxylation sites is 2. The van der Waals surface area contributed by atoms with E-state index in [0.29, 0.717) is 39.9 Å². The summed E-state index contributed by atoms with van der Waals surface area (Å²) in [4.78, 5) is 15.2. The number of hydrogen-bond donors (Lipinski definition) is 0. The topological polar surface area (TPSA) is 48.5 Å². The van der Waals surface area contributed by atoms with E-state index in [4.69, 9.17) is 15.0 Å². The van der Waals surface area contributed by atoms with Crippen molar-refractivity contribution < 1.29 is 13.2 Å². The molecule has 0 saturated carbocycles. The molecule has 0 N–H and O–H groups in total. The Bertz CT molecular complexity index is 4270. The van der Waals surface area contributed by atoms with Crippen LogP contribution in [0.3, 0.4) is 0 Å².